The van der Waals surface area contributed by atoms with Crippen LogP contribution in [0.4, 0.5) is 0 Å². The van der Waals surface area contributed by atoms with Crippen molar-refractivity contribution in [3.63, 3.8) is 0 Å². The van der Waals surface area contributed by atoms with Crippen molar-refractivity contribution >= 4 is 69.5 Å². The van der Waals surface area contributed by atoms with Crippen LogP contribution in [-0.2, 0) is 4.79 Å². The molecule has 0 aliphatic rings. The van der Waals surface area contributed by atoms with Crippen LogP contribution in [0.25, 0.3) is 0 Å². The van der Waals surface area contributed by atoms with Gasteiger partial charge in [-0.15, -0.1) is 0 Å². The lowest BCUT2D eigenvalue weighted by molar-refractivity contribution is -0.118. The van der Waals surface area contributed by atoms with Gasteiger partial charge in [0, 0.05) is 8.65 Å². The molecule has 0 spiro atoms. The fraction of sp³-hybridized carbons (Fsp3) is 0.889. The first-order chi connectivity index (χ1) is 5.98. The summed E-state index contributed by atoms with van der Waals surface area (Å²) >= 11 is 13.8. The van der Waals surface area contributed by atoms with Gasteiger partial charge in [-0.25, -0.2) is 0 Å². The molecule has 0 N–H and O–H groups in total. The number of carbonyl (C=O) groups is 1. The Hall–Kier alpha value is 1.59. The monoisotopic (exact) mass is 454 g/mol. The zero-order valence-corrected chi connectivity index (χ0v) is 14.9. The van der Waals surface area contributed by atoms with Crippen LogP contribution in [0.3, 0.4) is 0 Å². The van der Waals surface area contributed by atoms with Crippen LogP contribution in [0.5, 0.6) is 0 Å². The largest absolute Gasteiger partial charge is 0.297 e. The molecule has 0 saturated carbocycles. The zero-order chi connectivity index (χ0) is 11.7. The van der Waals surface area contributed by atoms with Crippen LogP contribution >= 0.6 is 63.7 Å². The summed E-state index contributed by atoms with van der Waals surface area (Å²) in [4.78, 5) is 11.6. The highest BCUT2D eigenvalue weighted by molar-refractivity contribution is 9.13. The molecule has 0 aliphatic carbocycles. The Morgan fingerprint density at radius 2 is 1.14 bits per heavy atom. The Balaban J connectivity index is 4.65. The maximum Gasteiger partial charge on any atom is 0.162 e. The number of halogens is 4. The van der Waals surface area contributed by atoms with Crippen molar-refractivity contribution in [3.8, 4) is 0 Å². The standard InChI is InChI=1S/C9H14Br4O/c1-8(2,12)6(10)5(14)7(11)9(3,4)13/h6-7H,1-4H3/t6-,7-/m1/s1. The predicted octanol–water partition coefficient (Wildman–Crippen LogP) is 4.43. The summed E-state index contributed by atoms with van der Waals surface area (Å²) in [5.74, 6) is 0.133. The lowest BCUT2D eigenvalue weighted by Gasteiger charge is -2.29. The van der Waals surface area contributed by atoms with E-state index in [1.807, 2.05) is 27.7 Å². The highest BCUT2D eigenvalue weighted by Gasteiger charge is 2.39. The molecular weight excluding hydrogens is 444 g/mol. The maximum absolute atomic E-state index is 12.0. The van der Waals surface area contributed by atoms with Crippen molar-refractivity contribution in [1.82, 2.24) is 0 Å². The summed E-state index contributed by atoms with van der Waals surface area (Å²) in [6.07, 6.45) is 0. The Morgan fingerprint density at radius 1 is 0.929 bits per heavy atom. The van der Waals surface area contributed by atoms with Crippen molar-refractivity contribution < 1.29 is 4.79 Å². The van der Waals surface area contributed by atoms with Crippen LogP contribution in [0, 0.1) is 0 Å². The van der Waals surface area contributed by atoms with Gasteiger partial charge in [0.2, 0.25) is 0 Å². The second-order valence-electron chi connectivity index (χ2n) is 4.26. The number of hydrogen-bond acceptors (Lipinski definition) is 1. The number of carbonyl (C=O) groups excluding carboxylic acids is 1. The molecule has 0 amide bonds. The first kappa shape index (κ1) is 15.6. The van der Waals surface area contributed by atoms with Crippen molar-refractivity contribution in [2.24, 2.45) is 0 Å². The summed E-state index contributed by atoms with van der Waals surface area (Å²) in [5.41, 5.74) is 0. The molecule has 14 heavy (non-hydrogen) atoms. The van der Waals surface area contributed by atoms with Crippen molar-refractivity contribution in [1.29, 1.82) is 0 Å². The SMILES string of the molecule is CC(C)(Br)[C@H](Br)C(=O)[C@@H](Br)C(C)(C)Br. The topological polar surface area (TPSA) is 17.1 Å². The molecule has 1 nitrogen and oxygen atoms in total. The van der Waals surface area contributed by atoms with E-state index < -0.39 is 0 Å². The third-order valence-electron chi connectivity index (χ3n) is 1.70. The molecule has 2 atom stereocenters. The average Bonchev–Trinajstić information content (AvgIpc) is 1.97. The molecule has 0 bridgehead atoms. The molecule has 5 heteroatoms. The Bertz CT molecular complexity index is 192. The van der Waals surface area contributed by atoms with E-state index in [1.54, 1.807) is 0 Å². The molecule has 0 radical (unpaired) electrons. The number of ketones is 1. The van der Waals surface area contributed by atoms with Gasteiger partial charge in [-0.3, -0.25) is 4.79 Å². The molecule has 0 rings (SSSR count). The van der Waals surface area contributed by atoms with E-state index in [4.69, 9.17) is 0 Å². The molecule has 0 heterocycles. The Kier molecular flexibility index (Phi) is 5.88. The van der Waals surface area contributed by atoms with Gasteiger partial charge in [-0.1, -0.05) is 63.7 Å². The van der Waals surface area contributed by atoms with Crippen molar-refractivity contribution in [2.45, 2.75) is 46.0 Å². The van der Waals surface area contributed by atoms with Gasteiger partial charge >= 0.3 is 0 Å². The van der Waals surface area contributed by atoms with Gasteiger partial charge in [-0.2, -0.15) is 0 Å². The fourth-order valence-corrected chi connectivity index (χ4v) is 2.14. The Labute approximate surface area is 119 Å². The highest BCUT2D eigenvalue weighted by atomic mass is 79.9. The second kappa shape index (κ2) is 5.28. The molecule has 84 valence electrons. The molecule has 0 fully saturated rings. The molecule has 0 aliphatic heterocycles. The lowest BCUT2D eigenvalue weighted by Crippen LogP contribution is -2.43. The van der Waals surface area contributed by atoms with Crippen LogP contribution in [0.1, 0.15) is 27.7 Å². The van der Waals surface area contributed by atoms with Gasteiger partial charge in [-0.05, 0) is 27.7 Å². The summed E-state index contributed by atoms with van der Waals surface area (Å²) in [6, 6.07) is 0. The fourth-order valence-electron chi connectivity index (χ4n) is 0.805. The molecule has 0 aromatic carbocycles. The third-order valence-corrected chi connectivity index (χ3v) is 7.04. The van der Waals surface area contributed by atoms with Gasteiger partial charge in [0.05, 0.1) is 9.65 Å². The van der Waals surface area contributed by atoms with Gasteiger partial charge in [0.25, 0.3) is 0 Å². The first-order valence-electron chi connectivity index (χ1n) is 4.17. The molecule has 0 unspecified atom stereocenters. The minimum Gasteiger partial charge on any atom is -0.297 e. The van der Waals surface area contributed by atoms with Crippen LogP contribution < -0.4 is 0 Å². The van der Waals surface area contributed by atoms with Crippen LogP contribution in [0.15, 0.2) is 0 Å². The summed E-state index contributed by atoms with van der Waals surface area (Å²) in [6.45, 7) is 7.85. The van der Waals surface area contributed by atoms with Gasteiger partial charge < -0.3 is 0 Å². The van der Waals surface area contributed by atoms with Gasteiger partial charge in [0.1, 0.15) is 0 Å². The van der Waals surface area contributed by atoms with E-state index in [-0.39, 0.29) is 24.1 Å². The van der Waals surface area contributed by atoms with Crippen molar-refractivity contribution in [3.05, 3.63) is 0 Å². The van der Waals surface area contributed by atoms with E-state index in [2.05, 4.69) is 63.7 Å². The lowest BCUT2D eigenvalue weighted by atomic mass is 9.99. The first-order valence-corrected chi connectivity index (χ1v) is 7.59. The number of Topliss-reactive ketones (excluding diaryl/α,β-unsaturated/α-hetero) is 1. The molecule has 0 saturated heterocycles. The van der Waals surface area contributed by atoms with E-state index in [0.29, 0.717) is 0 Å². The number of rotatable bonds is 4. The normalized spacial score (nSPS) is 17.7. The number of alkyl halides is 4. The smallest absolute Gasteiger partial charge is 0.162 e. The van der Waals surface area contributed by atoms with Crippen molar-refractivity contribution in [2.75, 3.05) is 0 Å². The van der Waals surface area contributed by atoms with E-state index in [9.17, 15) is 4.79 Å². The quantitative estimate of drug-likeness (QED) is 0.571. The van der Waals surface area contributed by atoms with Crippen LogP contribution in [0.2, 0.25) is 0 Å². The molecule has 0 aromatic rings. The second-order valence-corrected chi connectivity index (χ2v) is 10.2. The molecular formula is C9H14Br4O. The van der Waals surface area contributed by atoms with Crippen LogP contribution in [-0.4, -0.2) is 24.1 Å². The van der Waals surface area contributed by atoms with Gasteiger partial charge in [0.15, 0.2) is 5.78 Å². The van der Waals surface area contributed by atoms with E-state index in [0.717, 1.165) is 0 Å². The number of hydrogen-bond donors (Lipinski definition) is 0. The minimum atomic E-state index is -0.242. The highest BCUT2D eigenvalue weighted by Crippen LogP contribution is 2.35. The summed E-state index contributed by atoms with van der Waals surface area (Å²) in [5, 5.41) is 0. The maximum atomic E-state index is 12.0. The average molecular weight is 458 g/mol. The summed E-state index contributed by atoms with van der Waals surface area (Å²) in [7, 11) is 0. The zero-order valence-electron chi connectivity index (χ0n) is 8.57. The summed E-state index contributed by atoms with van der Waals surface area (Å²) < 4.78 is -0.483. The predicted molar refractivity (Wildman–Crippen MR) is 76.4 cm³/mol. The van der Waals surface area contributed by atoms with E-state index in [1.165, 1.54) is 0 Å². The molecule has 0 aromatic heterocycles. The third kappa shape index (κ3) is 4.62. The Morgan fingerprint density at radius 3 is 1.29 bits per heavy atom. The minimum absolute atomic E-state index is 0.133. The van der Waals surface area contributed by atoms with E-state index >= 15 is 0 Å².